The topological polar surface area (TPSA) is 56.6 Å². The molecular formula is C8H13N3O2. The normalized spacial score (nSPS) is 18.0. The zero-order valence-corrected chi connectivity index (χ0v) is 7.69. The first-order valence-corrected chi connectivity index (χ1v) is 4.20. The van der Waals surface area contributed by atoms with Crippen LogP contribution in [-0.2, 0) is 4.74 Å². The molecule has 72 valence electrons. The molecule has 1 saturated heterocycles. The monoisotopic (exact) mass is 183 g/mol. The van der Waals surface area contributed by atoms with Crippen LogP contribution in [0.1, 0.15) is 0 Å². The highest BCUT2D eigenvalue weighted by Gasteiger charge is 2.20. The Hall–Kier alpha value is -1.28. The van der Waals surface area contributed by atoms with E-state index in [4.69, 9.17) is 5.26 Å². The lowest BCUT2D eigenvalue weighted by Crippen LogP contribution is -2.48. The van der Waals surface area contributed by atoms with Crippen molar-refractivity contribution >= 4 is 6.09 Å². The largest absolute Gasteiger partial charge is 0.453 e. The van der Waals surface area contributed by atoms with E-state index in [1.54, 1.807) is 4.90 Å². The minimum atomic E-state index is -0.281. The number of piperazine rings is 1. The van der Waals surface area contributed by atoms with Gasteiger partial charge in [0.05, 0.1) is 19.7 Å². The highest BCUT2D eigenvalue weighted by molar-refractivity contribution is 5.67. The summed E-state index contributed by atoms with van der Waals surface area (Å²) in [5.74, 6) is 0. The molecule has 0 aromatic carbocycles. The fraction of sp³-hybridized carbons (Fsp3) is 0.750. The highest BCUT2D eigenvalue weighted by atomic mass is 16.5. The summed E-state index contributed by atoms with van der Waals surface area (Å²) < 4.78 is 4.59. The van der Waals surface area contributed by atoms with Crippen LogP contribution in [0.15, 0.2) is 0 Å². The number of amides is 1. The standard InChI is InChI=1S/C8H13N3O2/c1-13-8(12)11-6-4-10(3-2-9)5-7-11/h3-7H2,1H3. The van der Waals surface area contributed by atoms with Gasteiger partial charge in [-0.25, -0.2) is 4.79 Å². The van der Waals surface area contributed by atoms with Crippen LogP contribution in [0.4, 0.5) is 4.79 Å². The average Bonchev–Trinajstić information content (AvgIpc) is 2.18. The second kappa shape index (κ2) is 4.67. The number of hydrogen-bond acceptors (Lipinski definition) is 4. The molecular weight excluding hydrogens is 170 g/mol. The Morgan fingerprint density at radius 3 is 2.54 bits per heavy atom. The van der Waals surface area contributed by atoms with Crippen LogP contribution in [-0.4, -0.2) is 55.7 Å². The summed E-state index contributed by atoms with van der Waals surface area (Å²) in [7, 11) is 1.38. The molecule has 0 atom stereocenters. The Labute approximate surface area is 77.5 Å². The first kappa shape index (κ1) is 9.81. The second-order valence-corrected chi connectivity index (χ2v) is 2.89. The summed E-state index contributed by atoms with van der Waals surface area (Å²) in [6.45, 7) is 3.24. The summed E-state index contributed by atoms with van der Waals surface area (Å²) in [4.78, 5) is 14.7. The maximum atomic E-state index is 11.1. The van der Waals surface area contributed by atoms with Crippen LogP contribution in [0, 0.1) is 11.3 Å². The molecule has 0 N–H and O–H groups in total. The van der Waals surface area contributed by atoms with Gasteiger partial charge in [0.15, 0.2) is 0 Å². The lowest BCUT2D eigenvalue weighted by atomic mass is 10.3. The molecule has 5 nitrogen and oxygen atoms in total. The Morgan fingerprint density at radius 2 is 2.08 bits per heavy atom. The number of nitriles is 1. The van der Waals surface area contributed by atoms with Gasteiger partial charge in [0.1, 0.15) is 0 Å². The van der Waals surface area contributed by atoms with Gasteiger partial charge in [-0.3, -0.25) is 4.90 Å². The van der Waals surface area contributed by atoms with E-state index in [2.05, 4.69) is 10.8 Å². The summed E-state index contributed by atoms with van der Waals surface area (Å²) in [6, 6.07) is 2.09. The third-order valence-corrected chi connectivity index (χ3v) is 2.10. The molecule has 13 heavy (non-hydrogen) atoms. The molecule has 0 spiro atoms. The lowest BCUT2D eigenvalue weighted by Gasteiger charge is -2.32. The van der Waals surface area contributed by atoms with Crippen molar-refractivity contribution in [2.45, 2.75) is 0 Å². The molecule has 1 amide bonds. The van der Waals surface area contributed by atoms with Crippen molar-refractivity contribution in [3.05, 3.63) is 0 Å². The van der Waals surface area contributed by atoms with E-state index in [1.165, 1.54) is 7.11 Å². The molecule has 5 heteroatoms. The zero-order valence-electron chi connectivity index (χ0n) is 7.69. The fourth-order valence-electron chi connectivity index (χ4n) is 1.32. The Kier molecular flexibility index (Phi) is 3.53. The third kappa shape index (κ3) is 2.60. The van der Waals surface area contributed by atoms with E-state index in [0.717, 1.165) is 13.1 Å². The third-order valence-electron chi connectivity index (χ3n) is 2.10. The Balaban J connectivity index is 2.31. The summed E-state index contributed by atoms with van der Waals surface area (Å²) in [5, 5.41) is 8.44. The molecule has 0 aliphatic carbocycles. The van der Waals surface area contributed by atoms with Gasteiger partial charge in [0.25, 0.3) is 0 Å². The SMILES string of the molecule is COC(=O)N1CCN(CC#N)CC1. The molecule has 0 bridgehead atoms. The quantitative estimate of drug-likeness (QED) is 0.532. The number of carbonyl (C=O) groups excluding carboxylic acids is 1. The maximum absolute atomic E-state index is 11.1. The average molecular weight is 183 g/mol. The van der Waals surface area contributed by atoms with Gasteiger partial charge in [-0.1, -0.05) is 0 Å². The van der Waals surface area contributed by atoms with Crippen molar-refractivity contribution in [3.8, 4) is 6.07 Å². The predicted octanol–water partition coefficient (Wildman–Crippen LogP) is -0.106. The van der Waals surface area contributed by atoms with E-state index in [0.29, 0.717) is 19.6 Å². The number of ether oxygens (including phenoxy) is 1. The smallest absolute Gasteiger partial charge is 0.409 e. The summed E-state index contributed by atoms with van der Waals surface area (Å²) >= 11 is 0. The molecule has 0 radical (unpaired) electrons. The lowest BCUT2D eigenvalue weighted by molar-refractivity contribution is 0.0950. The van der Waals surface area contributed by atoms with Gasteiger partial charge in [0, 0.05) is 26.2 Å². The van der Waals surface area contributed by atoms with Crippen LogP contribution >= 0.6 is 0 Å². The van der Waals surface area contributed by atoms with Gasteiger partial charge in [-0.2, -0.15) is 5.26 Å². The van der Waals surface area contributed by atoms with Crippen LogP contribution in [0.3, 0.4) is 0 Å². The molecule has 0 aromatic heterocycles. The minimum Gasteiger partial charge on any atom is -0.453 e. The van der Waals surface area contributed by atoms with Gasteiger partial charge in [-0.05, 0) is 0 Å². The fourth-order valence-corrected chi connectivity index (χ4v) is 1.32. The molecule has 1 heterocycles. The van der Waals surface area contributed by atoms with Gasteiger partial charge < -0.3 is 9.64 Å². The van der Waals surface area contributed by atoms with Crippen molar-refractivity contribution in [2.75, 3.05) is 39.8 Å². The molecule has 0 saturated carbocycles. The zero-order chi connectivity index (χ0) is 9.68. The van der Waals surface area contributed by atoms with Gasteiger partial charge in [0.2, 0.25) is 0 Å². The van der Waals surface area contributed by atoms with E-state index in [9.17, 15) is 4.79 Å². The Bertz CT molecular complexity index is 216. The summed E-state index contributed by atoms with van der Waals surface area (Å²) in [6.07, 6.45) is -0.281. The van der Waals surface area contributed by atoms with Gasteiger partial charge in [-0.15, -0.1) is 0 Å². The molecule has 0 unspecified atom stereocenters. The number of carbonyl (C=O) groups is 1. The Morgan fingerprint density at radius 1 is 1.46 bits per heavy atom. The molecule has 0 aromatic rings. The van der Waals surface area contributed by atoms with E-state index < -0.39 is 0 Å². The van der Waals surface area contributed by atoms with Crippen molar-refractivity contribution in [2.24, 2.45) is 0 Å². The number of nitrogens with zero attached hydrogens (tertiary/aromatic N) is 3. The van der Waals surface area contributed by atoms with E-state index >= 15 is 0 Å². The molecule has 1 rings (SSSR count). The number of rotatable bonds is 1. The molecule has 1 aliphatic heterocycles. The molecule has 1 fully saturated rings. The van der Waals surface area contributed by atoms with Crippen molar-refractivity contribution in [3.63, 3.8) is 0 Å². The maximum Gasteiger partial charge on any atom is 0.409 e. The van der Waals surface area contributed by atoms with Crippen LogP contribution in [0.5, 0.6) is 0 Å². The van der Waals surface area contributed by atoms with Crippen molar-refractivity contribution in [1.29, 1.82) is 5.26 Å². The van der Waals surface area contributed by atoms with Crippen LogP contribution in [0.2, 0.25) is 0 Å². The predicted molar refractivity (Wildman–Crippen MR) is 46.0 cm³/mol. The number of methoxy groups -OCH3 is 1. The highest BCUT2D eigenvalue weighted by Crippen LogP contribution is 2.02. The van der Waals surface area contributed by atoms with Gasteiger partial charge >= 0.3 is 6.09 Å². The van der Waals surface area contributed by atoms with Crippen molar-refractivity contribution < 1.29 is 9.53 Å². The first-order chi connectivity index (χ1) is 6.27. The van der Waals surface area contributed by atoms with E-state index in [-0.39, 0.29) is 6.09 Å². The van der Waals surface area contributed by atoms with E-state index in [1.807, 2.05) is 4.90 Å². The van der Waals surface area contributed by atoms with Crippen LogP contribution < -0.4 is 0 Å². The minimum absolute atomic E-state index is 0.281. The van der Waals surface area contributed by atoms with Crippen LogP contribution in [0.25, 0.3) is 0 Å². The summed E-state index contributed by atoms with van der Waals surface area (Å²) in [5.41, 5.74) is 0. The number of hydrogen-bond donors (Lipinski definition) is 0. The second-order valence-electron chi connectivity index (χ2n) is 2.89. The molecule has 1 aliphatic rings. The first-order valence-electron chi connectivity index (χ1n) is 4.20. The van der Waals surface area contributed by atoms with Crippen molar-refractivity contribution in [1.82, 2.24) is 9.80 Å².